The van der Waals surface area contributed by atoms with Crippen LogP contribution in [0.4, 0.5) is 5.69 Å². The highest BCUT2D eigenvalue weighted by molar-refractivity contribution is 7.89. The summed E-state index contributed by atoms with van der Waals surface area (Å²) >= 11 is 0. The van der Waals surface area contributed by atoms with Crippen molar-refractivity contribution >= 4 is 33.6 Å². The molecule has 0 aliphatic carbocycles. The first-order valence-electron chi connectivity index (χ1n) is 10.3. The molecule has 1 saturated heterocycles. The first-order valence-corrected chi connectivity index (χ1v) is 11.7. The van der Waals surface area contributed by atoms with Crippen molar-refractivity contribution in [2.45, 2.75) is 17.7 Å². The van der Waals surface area contributed by atoms with E-state index < -0.39 is 10.0 Å². The van der Waals surface area contributed by atoms with Gasteiger partial charge in [0.25, 0.3) is 0 Å². The number of sulfonamides is 1. The number of piperidine rings is 1. The number of amides is 2. The van der Waals surface area contributed by atoms with Gasteiger partial charge in [0.2, 0.25) is 21.8 Å². The molecule has 9 heteroatoms. The maximum atomic E-state index is 12.7. The standard InChI is InChI=1S/C23H27N3O5S/c1-25(2)32(30,31)19-9-10-21(27)20(16-19)24-23(29)18-12-14-26(15-13-18)22(28)11-8-17-6-4-3-5-7-17/h3-11,16,18,27H,12-15H2,1-2H3,(H,24,29)/b11-8+. The van der Waals surface area contributed by atoms with Crippen LogP contribution in [0.2, 0.25) is 0 Å². The zero-order valence-corrected chi connectivity index (χ0v) is 18.9. The van der Waals surface area contributed by atoms with E-state index >= 15 is 0 Å². The Hall–Kier alpha value is -3.17. The molecule has 8 nitrogen and oxygen atoms in total. The third kappa shape index (κ3) is 5.54. The van der Waals surface area contributed by atoms with Crippen LogP contribution in [0.3, 0.4) is 0 Å². The molecule has 0 aromatic heterocycles. The number of benzene rings is 2. The molecule has 0 unspecified atom stereocenters. The Bertz CT molecular complexity index is 1110. The molecular formula is C23H27N3O5S. The van der Waals surface area contributed by atoms with Crippen LogP contribution in [0.15, 0.2) is 59.5 Å². The molecule has 32 heavy (non-hydrogen) atoms. The molecule has 1 aliphatic heterocycles. The van der Waals surface area contributed by atoms with Crippen molar-refractivity contribution in [3.63, 3.8) is 0 Å². The molecule has 3 rings (SSSR count). The van der Waals surface area contributed by atoms with Gasteiger partial charge in [-0.2, -0.15) is 0 Å². The van der Waals surface area contributed by atoms with Gasteiger partial charge in [-0.1, -0.05) is 30.3 Å². The second-order valence-corrected chi connectivity index (χ2v) is 9.95. The molecule has 2 amide bonds. The second-order valence-electron chi connectivity index (χ2n) is 7.80. The highest BCUT2D eigenvalue weighted by Crippen LogP contribution is 2.29. The SMILES string of the molecule is CN(C)S(=O)(=O)c1ccc(O)c(NC(=O)C2CCN(C(=O)/C=C/c3ccccc3)CC2)c1. The Labute approximate surface area is 188 Å². The lowest BCUT2D eigenvalue weighted by atomic mass is 9.95. The number of nitrogens with one attached hydrogen (secondary N) is 1. The Morgan fingerprint density at radius 2 is 1.75 bits per heavy atom. The van der Waals surface area contributed by atoms with Crippen molar-refractivity contribution in [1.29, 1.82) is 0 Å². The van der Waals surface area contributed by atoms with Crippen LogP contribution in [-0.4, -0.2) is 61.7 Å². The van der Waals surface area contributed by atoms with Crippen molar-refractivity contribution in [3.8, 4) is 5.75 Å². The molecule has 1 heterocycles. The summed E-state index contributed by atoms with van der Waals surface area (Å²) in [5, 5.41) is 12.7. The van der Waals surface area contributed by atoms with Gasteiger partial charge in [-0.25, -0.2) is 12.7 Å². The van der Waals surface area contributed by atoms with Gasteiger partial charge in [-0.05, 0) is 42.7 Å². The number of aromatic hydroxyl groups is 1. The van der Waals surface area contributed by atoms with E-state index in [0.717, 1.165) is 9.87 Å². The quantitative estimate of drug-likeness (QED) is 0.512. The van der Waals surface area contributed by atoms with E-state index in [1.54, 1.807) is 11.0 Å². The fraction of sp³-hybridized carbons (Fsp3) is 0.304. The smallest absolute Gasteiger partial charge is 0.246 e. The number of phenolic OH excluding ortho intramolecular Hbond substituents is 1. The normalized spacial score (nSPS) is 15.3. The molecule has 0 radical (unpaired) electrons. The number of nitrogens with zero attached hydrogens (tertiary/aromatic N) is 2. The third-order valence-corrected chi connectivity index (χ3v) is 7.21. The topological polar surface area (TPSA) is 107 Å². The zero-order valence-electron chi connectivity index (χ0n) is 18.1. The Kier molecular flexibility index (Phi) is 7.32. The second kappa shape index (κ2) is 9.97. The molecule has 0 spiro atoms. The van der Waals surface area contributed by atoms with Gasteiger partial charge in [0, 0.05) is 39.2 Å². The summed E-state index contributed by atoms with van der Waals surface area (Å²) in [5.74, 6) is -0.973. The van der Waals surface area contributed by atoms with Crippen LogP contribution in [-0.2, 0) is 19.6 Å². The lowest BCUT2D eigenvalue weighted by Gasteiger charge is -2.30. The fourth-order valence-corrected chi connectivity index (χ4v) is 4.35. The zero-order chi connectivity index (χ0) is 23.3. The highest BCUT2D eigenvalue weighted by atomic mass is 32.2. The van der Waals surface area contributed by atoms with Gasteiger partial charge in [-0.15, -0.1) is 0 Å². The predicted octanol–water partition coefficient (Wildman–Crippen LogP) is 2.53. The van der Waals surface area contributed by atoms with E-state index in [1.165, 1.54) is 38.4 Å². The first kappa shape index (κ1) is 23.5. The van der Waals surface area contributed by atoms with Crippen molar-refractivity contribution in [2.75, 3.05) is 32.5 Å². The summed E-state index contributed by atoms with van der Waals surface area (Å²) in [6.07, 6.45) is 4.25. The van der Waals surface area contributed by atoms with Crippen LogP contribution >= 0.6 is 0 Å². The van der Waals surface area contributed by atoms with Gasteiger partial charge < -0.3 is 15.3 Å². The van der Waals surface area contributed by atoms with Crippen LogP contribution in [0, 0.1) is 5.92 Å². The van der Waals surface area contributed by atoms with Crippen LogP contribution in [0.5, 0.6) is 5.75 Å². The van der Waals surface area contributed by atoms with E-state index in [1.807, 2.05) is 30.3 Å². The number of phenols is 1. The molecule has 1 aliphatic rings. The predicted molar refractivity (Wildman–Crippen MR) is 122 cm³/mol. The minimum atomic E-state index is -3.70. The summed E-state index contributed by atoms with van der Waals surface area (Å²) in [6, 6.07) is 13.3. The molecule has 170 valence electrons. The lowest BCUT2D eigenvalue weighted by Crippen LogP contribution is -2.40. The molecule has 1 fully saturated rings. The van der Waals surface area contributed by atoms with E-state index in [4.69, 9.17) is 0 Å². The number of hydrogen-bond acceptors (Lipinski definition) is 5. The van der Waals surface area contributed by atoms with Gasteiger partial charge in [-0.3, -0.25) is 9.59 Å². The summed E-state index contributed by atoms with van der Waals surface area (Å²) in [7, 11) is -0.884. The van der Waals surface area contributed by atoms with E-state index in [-0.39, 0.29) is 34.1 Å². The average molecular weight is 458 g/mol. The molecule has 2 N–H and O–H groups in total. The van der Waals surface area contributed by atoms with E-state index in [0.29, 0.717) is 25.9 Å². The first-order chi connectivity index (χ1) is 15.2. The number of carbonyl (C=O) groups excluding carboxylic acids is 2. The average Bonchev–Trinajstić information content (AvgIpc) is 2.79. The molecule has 0 atom stereocenters. The Morgan fingerprint density at radius 3 is 2.38 bits per heavy atom. The van der Waals surface area contributed by atoms with Gasteiger partial charge in [0.1, 0.15) is 5.75 Å². The third-order valence-electron chi connectivity index (χ3n) is 5.40. The fourth-order valence-electron chi connectivity index (χ4n) is 3.42. The highest BCUT2D eigenvalue weighted by Gasteiger charge is 2.27. The molecule has 2 aromatic carbocycles. The van der Waals surface area contributed by atoms with Crippen LogP contribution in [0.25, 0.3) is 6.08 Å². The summed E-state index contributed by atoms with van der Waals surface area (Å²) in [4.78, 5) is 26.8. The van der Waals surface area contributed by atoms with Crippen molar-refractivity contribution < 1.29 is 23.1 Å². The monoisotopic (exact) mass is 457 g/mol. The van der Waals surface area contributed by atoms with Crippen LogP contribution in [0.1, 0.15) is 18.4 Å². The Morgan fingerprint density at radius 1 is 1.09 bits per heavy atom. The number of hydrogen-bond donors (Lipinski definition) is 2. The van der Waals surface area contributed by atoms with E-state index in [9.17, 15) is 23.1 Å². The molecule has 0 saturated carbocycles. The summed E-state index contributed by atoms with van der Waals surface area (Å²) < 4.78 is 25.7. The van der Waals surface area contributed by atoms with Crippen molar-refractivity contribution in [3.05, 3.63) is 60.2 Å². The van der Waals surface area contributed by atoms with Crippen molar-refractivity contribution in [1.82, 2.24) is 9.21 Å². The number of anilines is 1. The number of rotatable bonds is 6. The molecular weight excluding hydrogens is 430 g/mol. The van der Waals surface area contributed by atoms with Crippen LogP contribution < -0.4 is 5.32 Å². The number of likely N-dealkylation sites (tertiary alicyclic amines) is 1. The van der Waals surface area contributed by atoms with Gasteiger partial charge in [0.15, 0.2) is 0 Å². The van der Waals surface area contributed by atoms with Gasteiger partial charge in [0.05, 0.1) is 10.6 Å². The summed E-state index contributed by atoms with van der Waals surface area (Å²) in [5.41, 5.74) is 0.982. The van der Waals surface area contributed by atoms with Gasteiger partial charge >= 0.3 is 0 Å². The molecule has 0 bridgehead atoms. The minimum Gasteiger partial charge on any atom is -0.506 e. The van der Waals surface area contributed by atoms with Crippen molar-refractivity contribution in [2.24, 2.45) is 5.92 Å². The number of carbonyl (C=O) groups is 2. The Balaban J connectivity index is 1.59. The lowest BCUT2D eigenvalue weighted by molar-refractivity contribution is -0.130. The minimum absolute atomic E-state index is 0.0266. The maximum Gasteiger partial charge on any atom is 0.246 e. The largest absolute Gasteiger partial charge is 0.506 e. The maximum absolute atomic E-state index is 12.7. The van der Waals surface area contributed by atoms with E-state index in [2.05, 4.69) is 5.32 Å². The summed E-state index contributed by atoms with van der Waals surface area (Å²) in [6.45, 7) is 0.883. The molecule has 2 aromatic rings.